The summed E-state index contributed by atoms with van der Waals surface area (Å²) in [5.74, 6) is -0.0217. The second kappa shape index (κ2) is 13.8. The molecule has 0 saturated carbocycles. The van der Waals surface area contributed by atoms with Gasteiger partial charge in [-0.05, 0) is 86.7 Å². The number of nitrogens with one attached hydrogen (secondary N) is 2. The van der Waals surface area contributed by atoms with Gasteiger partial charge >= 0.3 is 0 Å². The molecule has 2 atom stereocenters. The number of allylic oxidation sites excluding steroid dienone is 3. The summed E-state index contributed by atoms with van der Waals surface area (Å²) in [7, 11) is 0. The molecule has 0 radical (unpaired) electrons. The highest BCUT2D eigenvalue weighted by Gasteiger charge is 2.30. The van der Waals surface area contributed by atoms with E-state index in [-0.39, 0.29) is 22.8 Å². The van der Waals surface area contributed by atoms with Crippen LogP contribution in [0.4, 0.5) is 0 Å². The first kappa shape index (κ1) is 35.4. The monoisotopic (exact) mass is 728 g/mol. The predicted octanol–water partition coefficient (Wildman–Crippen LogP) is 10.3. The van der Waals surface area contributed by atoms with E-state index in [0.717, 1.165) is 72.6 Å². The van der Waals surface area contributed by atoms with E-state index in [0.29, 0.717) is 0 Å². The third-order valence-corrected chi connectivity index (χ3v) is 11.3. The zero-order valence-electron chi connectivity index (χ0n) is 33.1. The average molecular weight is 729 g/mol. The number of aliphatic imine (C=N–C) groups is 2. The van der Waals surface area contributed by atoms with Crippen LogP contribution in [0.25, 0.3) is 16.7 Å². The normalized spacial score (nSPS) is 21.3. The molecular formula is C52H48N4. The number of hydrogen-bond donors (Lipinski definition) is 2. The minimum Gasteiger partial charge on any atom is -0.358 e. The van der Waals surface area contributed by atoms with Gasteiger partial charge in [0, 0.05) is 38.8 Å². The van der Waals surface area contributed by atoms with Crippen molar-refractivity contribution in [3.8, 4) is 0 Å². The highest BCUT2D eigenvalue weighted by Crippen LogP contribution is 2.37. The highest BCUT2D eigenvalue weighted by molar-refractivity contribution is 6.31. The number of nitrogens with zero attached hydrogens (tertiary/aromatic N) is 2. The molecule has 0 fully saturated rings. The number of hydrogen-bond acceptors (Lipinski definition) is 2. The van der Waals surface area contributed by atoms with Crippen LogP contribution in [0.2, 0.25) is 0 Å². The van der Waals surface area contributed by atoms with Crippen LogP contribution in [0.1, 0.15) is 92.2 Å². The predicted molar refractivity (Wildman–Crippen MR) is 234 cm³/mol. The van der Waals surface area contributed by atoms with E-state index in [4.69, 9.17) is 9.98 Å². The maximum Gasteiger partial charge on any atom is 0.0814 e. The van der Waals surface area contributed by atoms with E-state index in [1.165, 1.54) is 16.7 Å². The zero-order valence-corrected chi connectivity index (χ0v) is 33.1. The van der Waals surface area contributed by atoms with Gasteiger partial charge in [0.1, 0.15) is 0 Å². The van der Waals surface area contributed by atoms with Gasteiger partial charge in [0.25, 0.3) is 0 Å². The Morgan fingerprint density at radius 3 is 1.62 bits per heavy atom. The van der Waals surface area contributed by atoms with E-state index in [1.807, 2.05) is 0 Å². The molecule has 4 aromatic carbocycles. The van der Waals surface area contributed by atoms with Crippen molar-refractivity contribution < 1.29 is 0 Å². The number of benzene rings is 4. The summed E-state index contributed by atoms with van der Waals surface area (Å²) >= 11 is 0. The van der Waals surface area contributed by atoms with E-state index < -0.39 is 0 Å². The van der Waals surface area contributed by atoms with Crippen molar-refractivity contribution in [2.75, 3.05) is 0 Å². The van der Waals surface area contributed by atoms with Crippen molar-refractivity contribution in [2.45, 2.75) is 64.3 Å². The molecule has 0 aliphatic carbocycles. The summed E-state index contributed by atoms with van der Waals surface area (Å²) in [6.07, 6.45) is 8.84. The van der Waals surface area contributed by atoms with Gasteiger partial charge in [-0.15, -0.1) is 0 Å². The Bertz CT molecular complexity index is 2720. The highest BCUT2D eigenvalue weighted by atomic mass is 14.9. The Morgan fingerprint density at radius 2 is 1.04 bits per heavy atom. The largest absolute Gasteiger partial charge is 0.358 e. The lowest BCUT2D eigenvalue weighted by Crippen LogP contribution is -2.22. The number of aromatic nitrogens is 2. The maximum absolute atomic E-state index is 5.57. The van der Waals surface area contributed by atoms with Crippen LogP contribution in [0.3, 0.4) is 0 Å². The summed E-state index contributed by atoms with van der Waals surface area (Å²) in [6.45, 7) is 13.6. The minimum atomic E-state index is -0.114. The molecule has 5 heterocycles. The second-order valence-electron chi connectivity index (χ2n) is 17.2. The minimum absolute atomic E-state index is 0.0217. The number of rotatable bonds is 4. The lowest BCUT2D eigenvalue weighted by atomic mass is 9.86. The molecule has 3 aliphatic heterocycles. The van der Waals surface area contributed by atoms with Gasteiger partial charge in [-0.1, -0.05) is 157 Å². The number of fused-ring (bicyclic) bond motifs is 6. The first-order chi connectivity index (χ1) is 27.0. The third kappa shape index (κ3) is 6.60. The Kier molecular flexibility index (Phi) is 8.73. The van der Waals surface area contributed by atoms with Crippen molar-refractivity contribution in [2.24, 2.45) is 9.98 Å². The van der Waals surface area contributed by atoms with Gasteiger partial charge in [0.15, 0.2) is 0 Å². The first-order valence-electron chi connectivity index (χ1n) is 19.7. The van der Waals surface area contributed by atoms with Gasteiger partial charge in [-0.3, -0.25) is 4.99 Å². The molecule has 2 aromatic heterocycles. The molecule has 56 heavy (non-hydrogen) atoms. The molecule has 2 N–H and O–H groups in total. The van der Waals surface area contributed by atoms with Crippen LogP contribution < -0.4 is 10.7 Å². The molecule has 9 rings (SSSR count). The Hall–Kier alpha value is -6.26. The quantitative estimate of drug-likeness (QED) is 0.182. The summed E-state index contributed by atoms with van der Waals surface area (Å²) in [4.78, 5) is 18.8. The molecule has 276 valence electrons. The van der Waals surface area contributed by atoms with Gasteiger partial charge in [-0.2, -0.15) is 0 Å². The standard InChI is InChI=1S/C52H48N4/c1-51(2,3)37-21-17-35(18-22-37)49-43-29-27-41(54-43)47(33-13-9-7-10-14-33)39-25-26-40(53-39)48(34-15-11-8-12-16-34)42-28-30-44(55-42)50(46-32-31-45(49)56-46)36-19-23-38(24-20-36)52(4,5)6/h7-32,41,47,53,56H,1-6H3/b48-42-,49-45-,50-46-. The molecule has 4 heteroatoms. The topological polar surface area (TPSA) is 56.3 Å². The SMILES string of the molecule is CC(C)(C)c1ccc(/C2=c3\cc/c([nH]3)=C(\c3ccc(C(C)(C)C)cc3)C3=NC(C=C3)C(c3ccccc3)c3ccc([nH]3)/C(c3ccccc3)=C3/C=CC2=N3)cc1. The molecule has 0 amide bonds. The van der Waals surface area contributed by atoms with Gasteiger partial charge < -0.3 is 9.97 Å². The zero-order chi connectivity index (χ0) is 38.6. The van der Waals surface area contributed by atoms with E-state index in [2.05, 4.69) is 209 Å². The van der Waals surface area contributed by atoms with Crippen LogP contribution in [0, 0.1) is 0 Å². The molecule has 0 spiro atoms. The lowest BCUT2D eigenvalue weighted by Gasteiger charge is -2.21. The van der Waals surface area contributed by atoms with Crippen molar-refractivity contribution >= 4 is 28.1 Å². The van der Waals surface area contributed by atoms with E-state index >= 15 is 0 Å². The van der Waals surface area contributed by atoms with Gasteiger partial charge in [0.2, 0.25) is 0 Å². The Labute approximate surface area is 330 Å². The molecule has 4 nitrogen and oxygen atoms in total. The smallest absolute Gasteiger partial charge is 0.0814 e. The molecule has 6 aromatic rings. The fraction of sp³-hybridized carbons (Fsp3) is 0.192. The van der Waals surface area contributed by atoms with Crippen LogP contribution in [-0.2, 0) is 10.8 Å². The van der Waals surface area contributed by atoms with Gasteiger partial charge in [0.05, 0.1) is 29.1 Å². The maximum atomic E-state index is 5.57. The summed E-state index contributed by atoms with van der Waals surface area (Å²) in [6, 6.07) is 48.2. The summed E-state index contributed by atoms with van der Waals surface area (Å²) in [5.41, 5.74) is 15.4. The lowest BCUT2D eigenvalue weighted by molar-refractivity contribution is 0.590. The molecule has 8 bridgehead atoms. The van der Waals surface area contributed by atoms with Crippen molar-refractivity contribution in [3.63, 3.8) is 0 Å². The molecule has 2 unspecified atom stereocenters. The van der Waals surface area contributed by atoms with Crippen molar-refractivity contribution in [1.29, 1.82) is 0 Å². The third-order valence-electron chi connectivity index (χ3n) is 11.3. The first-order valence-corrected chi connectivity index (χ1v) is 19.7. The second-order valence-corrected chi connectivity index (χ2v) is 17.2. The van der Waals surface area contributed by atoms with E-state index in [9.17, 15) is 0 Å². The molecule has 3 aliphatic rings. The fourth-order valence-corrected chi connectivity index (χ4v) is 8.26. The molecular weight excluding hydrogens is 681 g/mol. The molecule has 0 saturated heterocycles. The fourth-order valence-electron chi connectivity index (χ4n) is 8.26. The summed E-state index contributed by atoms with van der Waals surface area (Å²) < 4.78 is 0. The van der Waals surface area contributed by atoms with Crippen LogP contribution in [-0.4, -0.2) is 27.4 Å². The number of aromatic amines is 2. The van der Waals surface area contributed by atoms with Crippen LogP contribution in [0.15, 0.2) is 173 Å². The van der Waals surface area contributed by atoms with Crippen LogP contribution in [0.5, 0.6) is 0 Å². The average Bonchev–Trinajstić information content (AvgIpc) is 4.03. The van der Waals surface area contributed by atoms with Crippen molar-refractivity contribution in [1.82, 2.24) is 9.97 Å². The Balaban J connectivity index is 1.36. The number of H-pyrrole nitrogens is 2. The van der Waals surface area contributed by atoms with Crippen LogP contribution >= 0.6 is 0 Å². The summed E-state index contributed by atoms with van der Waals surface area (Å²) in [5, 5.41) is 2.03. The van der Waals surface area contributed by atoms with Gasteiger partial charge in [-0.25, -0.2) is 4.99 Å². The Morgan fingerprint density at radius 1 is 0.482 bits per heavy atom. The van der Waals surface area contributed by atoms with E-state index in [1.54, 1.807) is 0 Å². The van der Waals surface area contributed by atoms with Crippen molar-refractivity contribution in [3.05, 3.63) is 219 Å².